The Bertz CT molecular complexity index is 1380. The first-order chi connectivity index (χ1) is 17.3. The predicted octanol–water partition coefficient (Wildman–Crippen LogP) is 3.46. The minimum Gasteiger partial charge on any atom is -0.504 e. The number of hydrogen-bond donors (Lipinski definition) is 4. The second-order valence-corrected chi connectivity index (χ2v) is 10.1. The minimum atomic E-state index is -1.51. The van der Waals surface area contributed by atoms with Crippen molar-refractivity contribution < 1.29 is 29.6 Å². The first kappa shape index (κ1) is 24.0. The van der Waals surface area contributed by atoms with Crippen LogP contribution >= 0.6 is 23.5 Å². The molecule has 10 nitrogen and oxygen atoms in total. The number of benzene rings is 2. The number of phenolic OH excluding ortho intramolecular Hbond substituents is 2. The van der Waals surface area contributed by atoms with E-state index in [2.05, 4.69) is 4.98 Å². The largest absolute Gasteiger partial charge is 0.512 e. The molecule has 36 heavy (non-hydrogen) atoms. The van der Waals surface area contributed by atoms with Gasteiger partial charge in [-0.3, -0.25) is 9.69 Å². The molecule has 3 aromatic rings. The molecule has 0 radical (unpaired) electrons. The SMILES string of the molecule is N[C@@H]1C(=O)N2C(OC(=O)O)=C(CSc3nc(-c4ccccc4)ncc3-c3ccc(O)c(O)c3)CS[C@H]12. The van der Waals surface area contributed by atoms with Crippen molar-refractivity contribution >= 4 is 35.6 Å². The number of carbonyl (C=O) groups is 2. The Balaban J connectivity index is 1.52. The van der Waals surface area contributed by atoms with Crippen LogP contribution in [0, 0.1) is 0 Å². The van der Waals surface area contributed by atoms with Crippen LogP contribution in [0.1, 0.15) is 0 Å². The van der Waals surface area contributed by atoms with Crippen molar-refractivity contribution in [3.05, 3.63) is 66.2 Å². The van der Waals surface area contributed by atoms with Gasteiger partial charge in [-0.15, -0.1) is 23.5 Å². The summed E-state index contributed by atoms with van der Waals surface area (Å²) in [6.45, 7) is 0. The van der Waals surface area contributed by atoms with Gasteiger partial charge in [0.15, 0.2) is 17.3 Å². The van der Waals surface area contributed by atoms with Gasteiger partial charge in [0.2, 0.25) is 11.8 Å². The summed E-state index contributed by atoms with van der Waals surface area (Å²) in [5.74, 6) is 0.279. The van der Waals surface area contributed by atoms with Gasteiger partial charge in [-0.25, -0.2) is 14.8 Å². The number of rotatable bonds is 6. The van der Waals surface area contributed by atoms with Gasteiger partial charge >= 0.3 is 6.16 Å². The van der Waals surface area contributed by atoms with E-state index < -0.39 is 12.2 Å². The molecule has 2 atom stereocenters. The van der Waals surface area contributed by atoms with Crippen LogP contribution in [0.2, 0.25) is 0 Å². The molecule has 2 aliphatic heterocycles. The van der Waals surface area contributed by atoms with E-state index in [4.69, 9.17) is 15.5 Å². The molecule has 0 bridgehead atoms. The first-order valence-electron chi connectivity index (χ1n) is 10.7. The number of aromatic hydroxyl groups is 2. The van der Waals surface area contributed by atoms with Crippen LogP contribution in [0.5, 0.6) is 11.5 Å². The highest BCUT2D eigenvalue weighted by Gasteiger charge is 2.51. The number of β-lactam (4-membered cyclic amide) rings is 1. The summed E-state index contributed by atoms with van der Waals surface area (Å²) in [5, 5.41) is 29.2. The number of nitrogens with two attached hydrogens (primary N) is 1. The molecule has 0 unspecified atom stereocenters. The normalized spacial score (nSPS) is 19.0. The Hall–Kier alpha value is -3.74. The van der Waals surface area contributed by atoms with Crippen LogP contribution in [0.4, 0.5) is 4.79 Å². The molecular weight excluding hydrogens is 504 g/mol. The average Bonchev–Trinajstić information content (AvgIpc) is 2.89. The lowest BCUT2D eigenvalue weighted by molar-refractivity contribution is -0.144. The molecule has 2 aromatic carbocycles. The first-order valence-corrected chi connectivity index (χ1v) is 12.8. The van der Waals surface area contributed by atoms with E-state index in [0.717, 1.165) is 5.56 Å². The van der Waals surface area contributed by atoms with Gasteiger partial charge in [-0.2, -0.15) is 0 Å². The predicted molar refractivity (Wildman–Crippen MR) is 134 cm³/mol. The average molecular weight is 525 g/mol. The highest BCUT2D eigenvalue weighted by molar-refractivity contribution is 8.01. The summed E-state index contributed by atoms with van der Waals surface area (Å²) in [7, 11) is 0. The number of hydrogen-bond acceptors (Lipinski definition) is 10. The molecule has 0 saturated carbocycles. The van der Waals surface area contributed by atoms with Gasteiger partial charge in [-0.05, 0) is 17.7 Å². The smallest absolute Gasteiger partial charge is 0.504 e. The van der Waals surface area contributed by atoms with E-state index in [1.54, 1.807) is 12.3 Å². The molecule has 1 aromatic heterocycles. The Morgan fingerprint density at radius 3 is 2.67 bits per heavy atom. The molecule has 1 fully saturated rings. The van der Waals surface area contributed by atoms with Gasteiger partial charge in [0.1, 0.15) is 16.4 Å². The second kappa shape index (κ2) is 9.72. The highest BCUT2D eigenvalue weighted by atomic mass is 32.2. The summed E-state index contributed by atoms with van der Waals surface area (Å²) in [5.41, 5.74) is 8.48. The second-order valence-electron chi connectivity index (χ2n) is 7.98. The van der Waals surface area contributed by atoms with Gasteiger partial charge < -0.3 is 25.8 Å². The van der Waals surface area contributed by atoms with E-state index in [1.165, 1.54) is 40.6 Å². The monoisotopic (exact) mass is 524 g/mol. The van der Waals surface area contributed by atoms with Crippen molar-refractivity contribution in [1.82, 2.24) is 14.9 Å². The number of amides is 1. The molecule has 1 saturated heterocycles. The van der Waals surface area contributed by atoms with Crippen LogP contribution in [0.15, 0.2) is 71.2 Å². The number of carbonyl (C=O) groups excluding carboxylic acids is 1. The van der Waals surface area contributed by atoms with E-state index in [1.807, 2.05) is 30.3 Å². The summed E-state index contributed by atoms with van der Waals surface area (Å²) < 4.78 is 5.01. The molecule has 5 N–H and O–H groups in total. The van der Waals surface area contributed by atoms with Crippen molar-refractivity contribution in [3.63, 3.8) is 0 Å². The van der Waals surface area contributed by atoms with Crippen LogP contribution in [-0.2, 0) is 9.53 Å². The van der Waals surface area contributed by atoms with E-state index in [0.29, 0.717) is 33.3 Å². The molecule has 12 heteroatoms. The zero-order valence-electron chi connectivity index (χ0n) is 18.6. The molecule has 184 valence electrons. The Morgan fingerprint density at radius 1 is 1.17 bits per heavy atom. The number of phenols is 2. The summed E-state index contributed by atoms with van der Waals surface area (Å²) >= 11 is 2.76. The lowest BCUT2D eigenvalue weighted by Gasteiger charge is -2.47. The van der Waals surface area contributed by atoms with Gasteiger partial charge in [0.05, 0.1) is 0 Å². The van der Waals surface area contributed by atoms with Gasteiger partial charge in [0, 0.05) is 34.4 Å². The topological polar surface area (TPSA) is 159 Å². The zero-order valence-corrected chi connectivity index (χ0v) is 20.2. The number of fused-ring (bicyclic) bond motifs is 1. The molecule has 1 amide bonds. The van der Waals surface area contributed by atoms with Gasteiger partial charge in [-0.1, -0.05) is 36.4 Å². The van der Waals surface area contributed by atoms with Crippen LogP contribution in [0.25, 0.3) is 22.5 Å². The fourth-order valence-electron chi connectivity index (χ4n) is 3.85. The lowest BCUT2D eigenvalue weighted by Crippen LogP contribution is -2.68. The molecule has 5 rings (SSSR count). The van der Waals surface area contributed by atoms with E-state index in [9.17, 15) is 24.9 Å². The standard InChI is InChI=1S/C24H20N4O6S2/c25-18-21(31)28-22(34-24(32)33)14(11-36-23(18)28)10-35-20-15(13-6-7-16(29)17(30)8-13)9-26-19(27-20)12-4-2-1-3-5-12/h1-9,18,23,29-30H,10-11,25H2,(H,32,33)/t18-,23-/m1/s1. The number of thioether (sulfide) groups is 2. The third-order valence-corrected chi connectivity index (χ3v) is 8.11. The maximum absolute atomic E-state index is 12.3. The fourth-order valence-corrected chi connectivity index (χ4v) is 6.27. The molecule has 0 aliphatic carbocycles. The third kappa shape index (κ3) is 4.45. The third-order valence-electron chi connectivity index (χ3n) is 5.67. The Labute approximate surface area is 213 Å². The maximum Gasteiger partial charge on any atom is 0.512 e. The maximum atomic E-state index is 12.3. The number of aromatic nitrogens is 2. The van der Waals surface area contributed by atoms with Crippen molar-refractivity contribution in [2.24, 2.45) is 5.73 Å². The Kier molecular flexibility index (Phi) is 6.48. The summed E-state index contributed by atoms with van der Waals surface area (Å²) in [6, 6.07) is 13.1. The summed E-state index contributed by atoms with van der Waals surface area (Å²) in [6.07, 6.45) is 0.121. The molecule has 3 heterocycles. The minimum absolute atomic E-state index is 0.00776. The fraction of sp³-hybridized carbons (Fsp3) is 0.167. The van der Waals surface area contributed by atoms with Crippen LogP contribution < -0.4 is 5.73 Å². The quantitative estimate of drug-likeness (QED) is 0.123. The summed E-state index contributed by atoms with van der Waals surface area (Å²) in [4.78, 5) is 34.2. The molecule has 0 spiro atoms. The van der Waals surface area contributed by atoms with E-state index >= 15 is 0 Å². The van der Waals surface area contributed by atoms with Gasteiger partial charge in [0.25, 0.3) is 0 Å². The molecular formula is C24H20N4O6S2. The Morgan fingerprint density at radius 2 is 1.94 bits per heavy atom. The van der Waals surface area contributed by atoms with Crippen molar-refractivity contribution in [1.29, 1.82) is 0 Å². The number of nitrogens with zero attached hydrogens (tertiary/aromatic N) is 3. The molecule has 2 aliphatic rings. The van der Waals surface area contributed by atoms with Crippen molar-refractivity contribution in [2.75, 3.05) is 11.5 Å². The van der Waals surface area contributed by atoms with Crippen molar-refractivity contribution in [3.8, 4) is 34.0 Å². The number of carboxylic acid groups (broad SMARTS) is 1. The van der Waals surface area contributed by atoms with Crippen molar-refractivity contribution in [2.45, 2.75) is 16.4 Å². The van der Waals surface area contributed by atoms with E-state index in [-0.39, 0.29) is 34.4 Å². The lowest BCUT2D eigenvalue weighted by atomic mass is 10.1. The highest BCUT2D eigenvalue weighted by Crippen LogP contribution is 2.42. The van der Waals surface area contributed by atoms with Crippen LogP contribution in [-0.4, -0.2) is 65.2 Å². The number of ether oxygens (including phenoxy) is 1. The zero-order chi connectivity index (χ0) is 25.4. The van der Waals surface area contributed by atoms with Crippen LogP contribution in [0.3, 0.4) is 0 Å².